The lowest BCUT2D eigenvalue weighted by molar-refractivity contribution is 0.133. The number of fused-ring (bicyclic) bond motifs is 2. The van der Waals surface area contributed by atoms with Gasteiger partial charge in [-0.3, -0.25) is 4.90 Å². The molecule has 3 saturated heterocycles. The van der Waals surface area contributed by atoms with Crippen LogP contribution in [-0.4, -0.2) is 43.0 Å². The molecular formula is C25H39N3O2. The van der Waals surface area contributed by atoms with E-state index >= 15 is 0 Å². The molecule has 30 heavy (non-hydrogen) atoms. The molecule has 2 unspecified atom stereocenters. The number of benzene rings is 1. The first-order chi connectivity index (χ1) is 14.8. The van der Waals surface area contributed by atoms with Crippen LogP contribution in [0.2, 0.25) is 0 Å². The van der Waals surface area contributed by atoms with Crippen molar-refractivity contribution < 1.29 is 9.47 Å². The van der Waals surface area contributed by atoms with Gasteiger partial charge in [-0.1, -0.05) is 51.5 Å². The highest BCUT2D eigenvalue weighted by molar-refractivity contribution is 5.95. The van der Waals surface area contributed by atoms with Gasteiger partial charge in [-0.25, -0.2) is 0 Å². The Morgan fingerprint density at radius 3 is 2.50 bits per heavy atom. The van der Waals surface area contributed by atoms with Crippen LogP contribution in [0.1, 0.15) is 83.2 Å². The van der Waals surface area contributed by atoms with Crippen LogP contribution in [0.25, 0.3) is 0 Å². The third-order valence-electron chi connectivity index (χ3n) is 6.92. The summed E-state index contributed by atoms with van der Waals surface area (Å²) in [6.45, 7) is 8.11. The molecule has 1 aromatic carbocycles. The summed E-state index contributed by atoms with van der Waals surface area (Å²) in [4.78, 5) is 2.61. The Bertz CT molecular complexity index is 712. The summed E-state index contributed by atoms with van der Waals surface area (Å²) in [6.07, 6.45) is 11.6. The highest BCUT2D eigenvalue weighted by atomic mass is 16.5. The second-order valence-electron chi connectivity index (χ2n) is 9.01. The van der Waals surface area contributed by atoms with Gasteiger partial charge >= 0.3 is 0 Å². The molecule has 0 spiro atoms. The van der Waals surface area contributed by atoms with Crippen LogP contribution < -0.4 is 14.9 Å². The molecule has 0 aliphatic carbocycles. The van der Waals surface area contributed by atoms with Crippen molar-refractivity contribution in [2.24, 2.45) is 11.0 Å². The van der Waals surface area contributed by atoms with Gasteiger partial charge < -0.3 is 14.9 Å². The van der Waals surface area contributed by atoms with Crippen LogP contribution in [0.5, 0.6) is 11.5 Å². The largest absolute Gasteiger partial charge is 0.490 e. The fourth-order valence-electron chi connectivity index (χ4n) is 5.26. The number of ether oxygens (including phenoxy) is 2. The monoisotopic (exact) mass is 413 g/mol. The summed E-state index contributed by atoms with van der Waals surface area (Å²) >= 11 is 0. The van der Waals surface area contributed by atoms with Gasteiger partial charge in [0, 0.05) is 5.92 Å². The number of hydrogen-bond donors (Lipinski definition) is 1. The minimum atomic E-state index is 0.222. The van der Waals surface area contributed by atoms with E-state index in [1.165, 1.54) is 75.7 Å². The Balaban J connectivity index is 1.33. The van der Waals surface area contributed by atoms with E-state index in [2.05, 4.69) is 35.4 Å². The molecule has 0 aromatic heterocycles. The van der Waals surface area contributed by atoms with E-state index in [0.29, 0.717) is 18.6 Å². The Labute approximate surface area is 182 Å². The van der Waals surface area contributed by atoms with E-state index in [1.54, 1.807) is 0 Å². The summed E-state index contributed by atoms with van der Waals surface area (Å²) in [7, 11) is 0. The maximum absolute atomic E-state index is 6.11. The third-order valence-corrected chi connectivity index (χ3v) is 6.92. The second kappa shape index (κ2) is 10.5. The molecule has 4 heterocycles. The normalized spacial score (nSPS) is 26.8. The maximum Gasteiger partial charge on any atom is 0.161 e. The van der Waals surface area contributed by atoms with Gasteiger partial charge in [0.2, 0.25) is 0 Å². The van der Waals surface area contributed by atoms with Gasteiger partial charge in [0.1, 0.15) is 0 Å². The molecule has 2 bridgehead atoms. The number of rotatable bonds is 12. The Morgan fingerprint density at radius 1 is 0.967 bits per heavy atom. The molecule has 3 fully saturated rings. The number of hydrazone groups is 1. The van der Waals surface area contributed by atoms with Gasteiger partial charge in [0.15, 0.2) is 11.5 Å². The minimum Gasteiger partial charge on any atom is -0.490 e. The Hall–Kier alpha value is -1.75. The van der Waals surface area contributed by atoms with Crippen LogP contribution in [0.15, 0.2) is 23.3 Å². The van der Waals surface area contributed by atoms with Crippen molar-refractivity contribution in [3.63, 3.8) is 0 Å². The van der Waals surface area contributed by atoms with Gasteiger partial charge in [0.05, 0.1) is 31.0 Å². The Morgan fingerprint density at radius 2 is 1.73 bits per heavy atom. The molecule has 0 saturated carbocycles. The average Bonchev–Trinajstić information content (AvgIpc) is 3.25. The van der Waals surface area contributed by atoms with Crippen LogP contribution in [0.4, 0.5) is 0 Å². The SMILES string of the molecule is CCCCCCCCCOc1ccc(C2NN=C3C4CCN(CC4)C32)cc1OCC. The van der Waals surface area contributed by atoms with E-state index < -0.39 is 0 Å². The van der Waals surface area contributed by atoms with Crippen LogP contribution in [-0.2, 0) is 0 Å². The fraction of sp³-hybridized carbons (Fsp3) is 0.720. The molecule has 5 rings (SSSR count). The highest BCUT2D eigenvalue weighted by Gasteiger charge is 2.46. The first-order valence-electron chi connectivity index (χ1n) is 12.3. The smallest absolute Gasteiger partial charge is 0.161 e. The lowest BCUT2D eigenvalue weighted by atomic mass is 9.78. The lowest BCUT2D eigenvalue weighted by Crippen LogP contribution is -2.56. The standard InChI is InChI=1S/C25H39N3O2/c1-3-5-6-7-8-9-10-17-30-21-12-11-20(18-22(21)29-4-2)24-25-23(26-27-24)19-13-15-28(25)16-14-19/h11-12,18-19,24-25,27H,3-10,13-17H2,1-2H3. The molecule has 0 amide bonds. The number of nitrogens with zero attached hydrogens (tertiary/aromatic N) is 2. The van der Waals surface area contributed by atoms with E-state index in [4.69, 9.17) is 14.6 Å². The van der Waals surface area contributed by atoms with Gasteiger partial charge in [-0.2, -0.15) is 5.10 Å². The summed E-state index contributed by atoms with van der Waals surface area (Å²) in [5.41, 5.74) is 6.05. The second-order valence-corrected chi connectivity index (χ2v) is 9.01. The predicted molar refractivity (Wildman–Crippen MR) is 122 cm³/mol. The number of nitrogens with one attached hydrogen (secondary N) is 1. The molecule has 1 aromatic rings. The van der Waals surface area contributed by atoms with E-state index in [1.807, 2.05) is 6.92 Å². The van der Waals surface area contributed by atoms with Crippen LogP contribution in [0.3, 0.4) is 0 Å². The fourth-order valence-corrected chi connectivity index (χ4v) is 5.26. The molecule has 2 atom stereocenters. The molecule has 1 N–H and O–H groups in total. The van der Waals surface area contributed by atoms with Crippen molar-refractivity contribution >= 4 is 5.71 Å². The van der Waals surface area contributed by atoms with Gasteiger partial charge in [-0.05, 0) is 57.0 Å². The first kappa shape index (κ1) is 21.5. The number of unbranched alkanes of at least 4 members (excludes halogenated alkanes) is 6. The van der Waals surface area contributed by atoms with Crippen molar-refractivity contribution in [1.29, 1.82) is 0 Å². The summed E-state index contributed by atoms with van der Waals surface area (Å²) in [5, 5.41) is 4.75. The molecule has 4 aliphatic rings. The zero-order chi connectivity index (χ0) is 20.8. The van der Waals surface area contributed by atoms with E-state index in [0.717, 1.165) is 24.5 Å². The number of hydrogen-bond acceptors (Lipinski definition) is 5. The summed E-state index contributed by atoms with van der Waals surface area (Å²) in [6, 6.07) is 7.09. The van der Waals surface area contributed by atoms with Crippen molar-refractivity contribution in [3.05, 3.63) is 23.8 Å². The lowest BCUT2D eigenvalue weighted by Gasteiger charge is -2.45. The number of piperidine rings is 3. The van der Waals surface area contributed by atoms with Crippen LogP contribution >= 0.6 is 0 Å². The summed E-state index contributed by atoms with van der Waals surface area (Å²) in [5.74, 6) is 2.41. The van der Waals surface area contributed by atoms with E-state index in [9.17, 15) is 0 Å². The minimum absolute atomic E-state index is 0.222. The highest BCUT2D eigenvalue weighted by Crippen LogP contribution is 2.40. The quantitative estimate of drug-likeness (QED) is 0.472. The maximum atomic E-state index is 6.11. The van der Waals surface area contributed by atoms with Gasteiger partial charge in [-0.15, -0.1) is 0 Å². The van der Waals surface area contributed by atoms with Crippen molar-refractivity contribution in [1.82, 2.24) is 10.3 Å². The van der Waals surface area contributed by atoms with Crippen molar-refractivity contribution in [2.75, 3.05) is 26.3 Å². The molecule has 5 heteroatoms. The zero-order valence-electron chi connectivity index (χ0n) is 18.9. The van der Waals surface area contributed by atoms with Gasteiger partial charge in [0.25, 0.3) is 0 Å². The zero-order valence-corrected chi connectivity index (χ0v) is 18.9. The average molecular weight is 414 g/mol. The molecule has 166 valence electrons. The molecule has 5 nitrogen and oxygen atoms in total. The molecule has 4 aliphatic heterocycles. The molecular weight excluding hydrogens is 374 g/mol. The molecule has 0 radical (unpaired) electrons. The van der Waals surface area contributed by atoms with Crippen molar-refractivity contribution in [2.45, 2.75) is 83.7 Å². The van der Waals surface area contributed by atoms with Crippen molar-refractivity contribution in [3.8, 4) is 11.5 Å². The Kier molecular flexibility index (Phi) is 7.53. The van der Waals surface area contributed by atoms with E-state index in [-0.39, 0.29) is 6.04 Å². The van der Waals surface area contributed by atoms with Crippen LogP contribution in [0, 0.1) is 5.92 Å². The summed E-state index contributed by atoms with van der Waals surface area (Å²) < 4.78 is 12.1. The first-order valence-corrected chi connectivity index (χ1v) is 12.3. The topological polar surface area (TPSA) is 46.1 Å². The predicted octanol–water partition coefficient (Wildman–Crippen LogP) is 5.31. The third kappa shape index (κ3) is 4.77.